The summed E-state index contributed by atoms with van der Waals surface area (Å²) in [6.45, 7) is 2.02. The van der Waals surface area contributed by atoms with Gasteiger partial charge in [-0.1, -0.05) is 18.9 Å². The predicted molar refractivity (Wildman–Crippen MR) is 114 cm³/mol. The summed E-state index contributed by atoms with van der Waals surface area (Å²) in [7, 11) is 3.52. The Balaban J connectivity index is 0.00000225. The molecule has 28 heavy (non-hydrogen) atoms. The van der Waals surface area contributed by atoms with Crippen molar-refractivity contribution in [2.75, 3.05) is 32.5 Å². The van der Waals surface area contributed by atoms with Gasteiger partial charge in [-0.05, 0) is 48.9 Å². The Labute approximate surface area is 172 Å². The predicted octanol–water partition coefficient (Wildman–Crippen LogP) is 2.87. The number of carbonyl (C=O) groups excluding carboxylic acids is 2. The normalized spacial score (nSPS) is 23.7. The molecular weight excluding hydrogens is 376 g/mol. The highest BCUT2D eigenvalue weighted by Gasteiger charge is 2.49. The second-order valence-corrected chi connectivity index (χ2v) is 8.19. The highest BCUT2D eigenvalue weighted by molar-refractivity contribution is 5.98. The first kappa shape index (κ1) is 20.7. The minimum absolute atomic E-state index is 0. The first-order valence-electron chi connectivity index (χ1n) is 9.81. The zero-order chi connectivity index (χ0) is 19.0. The quantitative estimate of drug-likeness (QED) is 0.823. The van der Waals surface area contributed by atoms with Crippen molar-refractivity contribution in [1.29, 1.82) is 0 Å². The van der Waals surface area contributed by atoms with Gasteiger partial charge in [0.2, 0.25) is 11.8 Å². The number of nitrogens with zero attached hydrogens (tertiary/aromatic N) is 2. The summed E-state index contributed by atoms with van der Waals surface area (Å²) in [5, 5.41) is 7.67. The third-order valence-corrected chi connectivity index (χ3v) is 6.33. The van der Waals surface area contributed by atoms with Gasteiger partial charge in [0.15, 0.2) is 0 Å². The lowest BCUT2D eigenvalue weighted by molar-refractivity contribution is -0.129. The number of nitrogens with one attached hydrogen (secondary N) is 2. The lowest BCUT2D eigenvalue weighted by Crippen LogP contribution is -2.44. The molecule has 1 saturated carbocycles. The van der Waals surface area contributed by atoms with Crippen LogP contribution in [0.15, 0.2) is 30.5 Å². The number of halogens is 1. The number of benzene rings is 1. The van der Waals surface area contributed by atoms with Crippen LogP contribution in [0.2, 0.25) is 0 Å². The molecule has 1 aliphatic carbocycles. The molecule has 0 unspecified atom stereocenters. The topological polar surface area (TPSA) is 66.4 Å². The first-order chi connectivity index (χ1) is 13.0. The van der Waals surface area contributed by atoms with Crippen molar-refractivity contribution in [2.45, 2.75) is 32.2 Å². The third kappa shape index (κ3) is 3.63. The maximum atomic E-state index is 13.2. The van der Waals surface area contributed by atoms with E-state index in [9.17, 15) is 9.59 Å². The van der Waals surface area contributed by atoms with Gasteiger partial charge < -0.3 is 20.1 Å². The zero-order valence-corrected chi connectivity index (χ0v) is 17.3. The standard InChI is InChI=1S/C21H28N4O2.ClH/c1-24(2)19(26)13-25-10-8-15-6-7-17(11-18(15)25)23-20(27)21-9-4-3-5-16(21)12-22-14-21;/h6-8,10-11,16,22H,3-5,9,12-14H2,1-2H3,(H,23,27);1H/t16-,21+;/m0./s1. The molecule has 1 aliphatic heterocycles. The summed E-state index contributed by atoms with van der Waals surface area (Å²) in [6, 6.07) is 7.94. The number of hydrogen-bond acceptors (Lipinski definition) is 3. The van der Waals surface area contributed by atoms with Gasteiger partial charge in [0.05, 0.1) is 10.9 Å². The van der Waals surface area contributed by atoms with E-state index in [4.69, 9.17) is 0 Å². The number of rotatable bonds is 4. The van der Waals surface area contributed by atoms with E-state index in [2.05, 4.69) is 10.6 Å². The Morgan fingerprint density at radius 1 is 1.29 bits per heavy atom. The van der Waals surface area contributed by atoms with Crippen molar-refractivity contribution >= 4 is 40.8 Å². The lowest BCUT2D eigenvalue weighted by Gasteiger charge is -2.37. The van der Waals surface area contributed by atoms with Crippen LogP contribution in [-0.2, 0) is 16.1 Å². The van der Waals surface area contributed by atoms with Crippen LogP contribution in [0.25, 0.3) is 10.9 Å². The van der Waals surface area contributed by atoms with Crippen LogP contribution < -0.4 is 10.6 Å². The van der Waals surface area contributed by atoms with Crippen LogP contribution in [0.1, 0.15) is 25.7 Å². The molecule has 2 atom stereocenters. The van der Waals surface area contributed by atoms with Crippen molar-refractivity contribution in [2.24, 2.45) is 11.3 Å². The number of hydrogen-bond donors (Lipinski definition) is 2. The molecule has 0 radical (unpaired) electrons. The van der Waals surface area contributed by atoms with Crippen molar-refractivity contribution in [3.8, 4) is 0 Å². The Hall–Kier alpha value is -2.05. The maximum Gasteiger partial charge on any atom is 0.241 e. The smallest absolute Gasteiger partial charge is 0.241 e. The second-order valence-electron chi connectivity index (χ2n) is 8.19. The van der Waals surface area contributed by atoms with E-state index in [-0.39, 0.29) is 29.6 Å². The molecule has 0 spiro atoms. The summed E-state index contributed by atoms with van der Waals surface area (Å²) < 4.78 is 1.94. The van der Waals surface area contributed by atoms with Gasteiger partial charge in [0.25, 0.3) is 0 Å². The monoisotopic (exact) mass is 404 g/mol. The highest BCUT2D eigenvalue weighted by atomic mass is 35.5. The van der Waals surface area contributed by atoms with E-state index < -0.39 is 0 Å². The zero-order valence-electron chi connectivity index (χ0n) is 16.5. The SMILES string of the molecule is CN(C)C(=O)Cn1ccc2ccc(NC(=O)[C@@]34CCCC[C@H]3CNC4)cc21.Cl. The van der Waals surface area contributed by atoms with Crippen LogP contribution in [0, 0.1) is 11.3 Å². The van der Waals surface area contributed by atoms with Gasteiger partial charge in [-0.25, -0.2) is 0 Å². The van der Waals surface area contributed by atoms with Gasteiger partial charge in [-0.3, -0.25) is 9.59 Å². The third-order valence-electron chi connectivity index (χ3n) is 6.33. The molecule has 2 heterocycles. The van der Waals surface area contributed by atoms with Crippen molar-refractivity contribution in [3.05, 3.63) is 30.5 Å². The molecule has 1 saturated heterocycles. The average Bonchev–Trinajstić information content (AvgIpc) is 3.26. The summed E-state index contributed by atoms with van der Waals surface area (Å²) in [4.78, 5) is 26.8. The van der Waals surface area contributed by atoms with Crippen molar-refractivity contribution < 1.29 is 9.59 Å². The molecule has 2 aromatic rings. The van der Waals surface area contributed by atoms with Gasteiger partial charge in [-0.15, -0.1) is 12.4 Å². The number of fused-ring (bicyclic) bond motifs is 2. The van der Waals surface area contributed by atoms with Crippen LogP contribution in [0.5, 0.6) is 0 Å². The van der Waals surface area contributed by atoms with Gasteiger partial charge >= 0.3 is 0 Å². The lowest BCUT2D eigenvalue weighted by atomic mass is 9.67. The largest absolute Gasteiger partial charge is 0.347 e. The molecular formula is C21H29ClN4O2. The molecule has 2 fully saturated rings. The van der Waals surface area contributed by atoms with E-state index in [0.717, 1.165) is 48.9 Å². The number of amides is 2. The number of carbonyl (C=O) groups is 2. The van der Waals surface area contributed by atoms with Crippen LogP contribution in [-0.4, -0.2) is 48.5 Å². The summed E-state index contributed by atoms with van der Waals surface area (Å²) in [5.74, 6) is 0.624. The van der Waals surface area contributed by atoms with Crippen LogP contribution >= 0.6 is 12.4 Å². The minimum atomic E-state index is -0.268. The summed E-state index contributed by atoms with van der Waals surface area (Å²) in [5.41, 5.74) is 1.50. The minimum Gasteiger partial charge on any atom is -0.347 e. The molecule has 152 valence electrons. The van der Waals surface area contributed by atoms with Gasteiger partial charge in [-0.2, -0.15) is 0 Å². The van der Waals surface area contributed by atoms with Gasteiger partial charge in [0, 0.05) is 32.5 Å². The second kappa shape index (κ2) is 8.13. The molecule has 0 bridgehead atoms. The molecule has 1 aromatic carbocycles. The molecule has 6 nitrogen and oxygen atoms in total. The van der Waals surface area contributed by atoms with E-state index in [0.29, 0.717) is 12.5 Å². The highest BCUT2D eigenvalue weighted by Crippen LogP contribution is 2.44. The van der Waals surface area contributed by atoms with Gasteiger partial charge in [0.1, 0.15) is 6.54 Å². The summed E-state index contributed by atoms with van der Waals surface area (Å²) >= 11 is 0. The Morgan fingerprint density at radius 2 is 2.11 bits per heavy atom. The number of anilines is 1. The number of likely N-dealkylation sites (N-methyl/N-ethyl adjacent to an activating group) is 1. The van der Waals surface area contributed by atoms with E-state index >= 15 is 0 Å². The van der Waals surface area contributed by atoms with E-state index in [1.807, 2.05) is 35.0 Å². The molecule has 2 N–H and O–H groups in total. The fourth-order valence-corrected chi connectivity index (χ4v) is 4.63. The molecule has 2 amide bonds. The molecule has 1 aromatic heterocycles. The Bertz CT molecular complexity index is 878. The molecule has 4 rings (SSSR count). The first-order valence-corrected chi connectivity index (χ1v) is 9.81. The fraction of sp³-hybridized carbons (Fsp3) is 0.524. The Morgan fingerprint density at radius 3 is 2.89 bits per heavy atom. The van der Waals surface area contributed by atoms with Crippen LogP contribution in [0.3, 0.4) is 0 Å². The van der Waals surface area contributed by atoms with Crippen molar-refractivity contribution in [1.82, 2.24) is 14.8 Å². The fourth-order valence-electron chi connectivity index (χ4n) is 4.63. The average molecular weight is 405 g/mol. The molecule has 7 heteroatoms. The maximum absolute atomic E-state index is 13.2. The van der Waals surface area contributed by atoms with Crippen molar-refractivity contribution in [3.63, 3.8) is 0 Å². The molecule has 2 aliphatic rings. The Kier molecular flexibility index (Phi) is 6.01. The van der Waals surface area contributed by atoms with E-state index in [1.54, 1.807) is 19.0 Å². The van der Waals surface area contributed by atoms with E-state index in [1.165, 1.54) is 6.42 Å². The number of aromatic nitrogens is 1. The summed E-state index contributed by atoms with van der Waals surface area (Å²) in [6.07, 6.45) is 6.37. The van der Waals surface area contributed by atoms with Crippen LogP contribution in [0.4, 0.5) is 5.69 Å².